The Morgan fingerprint density at radius 2 is 1.87 bits per heavy atom. The molecule has 8 nitrogen and oxygen atoms in total. The smallest absolute Gasteiger partial charge is 0.255 e. The van der Waals surface area contributed by atoms with Crippen LogP contribution in [-0.2, 0) is 9.47 Å². The molecule has 2 aromatic rings. The SMILES string of the molecule is Cc1ccc(OC2CO[C@H]3CN(C(=O)c4ccc(=O)[nH]c4C(C)C)C[C@@H]3OC2)cn1. The predicted molar refractivity (Wildman–Crippen MR) is 110 cm³/mol. The van der Waals surface area contributed by atoms with Crippen LogP contribution in [0.25, 0.3) is 0 Å². The molecule has 4 rings (SSSR count). The van der Waals surface area contributed by atoms with Crippen molar-refractivity contribution in [2.24, 2.45) is 0 Å². The maximum absolute atomic E-state index is 13.1. The molecule has 2 atom stereocenters. The minimum absolute atomic E-state index is 0.0348. The van der Waals surface area contributed by atoms with Crippen molar-refractivity contribution in [2.75, 3.05) is 26.3 Å². The fourth-order valence-electron chi connectivity index (χ4n) is 3.83. The second-order valence-corrected chi connectivity index (χ2v) is 8.13. The monoisotopic (exact) mass is 413 g/mol. The van der Waals surface area contributed by atoms with Gasteiger partial charge in [0.05, 0.1) is 25.0 Å². The Hall–Kier alpha value is -2.71. The number of ether oxygens (including phenoxy) is 3. The van der Waals surface area contributed by atoms with Crippen LogP contribution in [0.15, 0.2) is 35.3 Å². The van der Waals surface area contributed by atoms with Crippen molar-refractivity contribution < 1.29 is 19.0 Å². The third-order valence-corrected chi connectivity index (χ3v) is 5.44. The lowest BCUT2D eigenvalue weighted by molar-refractivity contribution is -0.00461. The van der Waals surface area contributed by atoms with E-state index in [1.54, 1.807) is 17.2 Å². The Kier molecular flexibility index (Phi) is 5.87. The number of nitrogens with one attached hydrogen (secondary N) is 1. The van der Waals surface area contributed by atoms with Crippen molar-refractivity contribution in [3.05, 3.63) is 57.8 Å². The van der Waals surface area contributed by atoms with E-state index in [0.717, 1.165) is 5.69 Å². The number of rotatable bonds is 4. The Bertz CT molecular complexity index is 940. The highest BCUT2D eigenvalue weighted by molar-refractivity contribution is 5.95. The van der Waals surface area contributed by atoms with E-state index in [-0.39, 0.29) is 35.7 Å². The molecule has 1 amide bonds. The van der Waals surface area contributed by atoms with Gasteiger partial charge in [-0.15, -0.1) is 0 Å². The summed E-state index contributed by atoms with van der Waals surface area (Å²) < 4.78 is 18.0. The molecule has 2 aliphatic rings. The molecule has 0 unspecified atom stereocenters. The molecule has 0 aromatic carbocycles. The van der Waals surface area contributed by atoms with Gasteiger partial charge in [0.15, 0.2) is 0 Å². The van der Waals surface area contributed by atoms with Crippen LogP contribution in [0.2, 0.25) is 0 Å². The quantitative estimate of drug-likeness (QED) is 0.823. The topological polar surface area (TPSA) is 93.8 Å². The molecule has 1 N–H and O–H groups in total. The van der Waals surface area contributed by atoms with Crippen molar-refractivity contribution in [1.82, 2.24) is 14.9 Å². The van der Waals surface area contributed by atoms with Crippen LogP contribution in [-0.4, -0.2) is 65.4 Å². The van der Waals surface area contributed by atoms with Crippen LogP contribution in [0.4, 0.5) is 0 Å². The van der Waals surface area contributed by atoms with Crippen molar-refractivity contribution in [1.29, 1.82) is 0 Å². The van der Waals surface area contributed by atoms with Gasteiger partial charge in [0, 0.05) is 30.5 Å². The van der Waals surface area contributed by atoms with Gasteiger partial charge < -0.3 is 24.1 Å². The van der Waals surface area contributed by atoms with Crippen LogP contribution in [0, 0.1) is 6.92 Å². The predicted octanol–water partition coefficient (Wildman–Crippen LogP) is 1.89. The summed E-state index contributed by atoms with van der Waals surface area (Å²) in [4.78, 5) is 33.6. The fraction of sp³-hybridized carbons (Fsp3) is 0.500. The van der Waals surface area contributed by atoms with Crippen molar-refractivity contribution in [3.63, 3.8) is 0 Å². The Balaban J connectivity index is 1.39. The first-order valence-electron chi connectivity index (χ1n) is 10.3. The molecule has 8 heteroatoms. The zero-order valence-electron chi connectivity index (χ0n) is 17.5. The molecule has 0 radical (unpaired) electrons. The number of hydrogen-bond acceptors (Lipinski definition) is 6. The minimum Gasteiger partial charge on any atom is -0.484 e. The van der Waals surface area contributed by atoms with E-state index in [1.165, 1.54) is 6.07 Å². The number of aryl methyl sites for hydroxylation is 1. The largest absolute Gasteiger partial charge is 0.484 e. The lowest BCUT2D eigenvalue weighted by atomic mass is 10.0. The molecule has 0 saturated carbocycles. The molecule has 2 fully saturated rings. The molecule has 0 bridgehead atoms. The molecule has 2 saturated heterocycles. The zero-order valence-corrected chi connectivity index (χ0v) is 17.5. The second kappa shape index (κ2) is 8.57. The van der Waals surface area contributed by atoms with E-state index < -0.39 is 0 Å². The number of nitrogens with zero attached hydrogens (tertiary/aromatic N) is 2. The van der Waals surface area contributed by atoms with Crippen LogP contribution in [0.1, 0.15) is 41.5 Å². The molecule has 30 heavy (non-hydrogen) atoms. The van der Waals surface area contributed by atoms with E-state index in [9.17, 15) is 9.59 Å². The Morgan fingerprint density at radius 3 is 2.47 bits per heavy atom. The van der Waals surface area contributed by atoms with Crippen LogP contribution in [0.5, 0.6) is 5.75 Å². The van der Waals surface area contributed by atoms with Crippen molar-refractivity contribution >= 4 is 5.91 Å². The Labute approximate surface area is 175 Å². The first-order chi connectivity index (χ1) is 14.4. The molecule has 4 heterocycles. The van der Waals surface area contributed by atoms with E-state index >= 15 is 0 Å². The molecule has 2 aliphatic heterocycles. The van der Waals surface area contributed by atoms with Gasteiger partial charge in [-0.05, 0) is 31.0 Å². The highest BCUT2D eigenvalue weighted by Crippen LogP contribution is 2.25. The van der Waals surface area contributed by atoms with Gasteiger partial charge >= 0.3 is 0 Å². The summed E-state index contributed by atoms with van der Waals surface area (Å²) in [6.07, 6.45) is 1.06. The first-order valence-corrected chi connectivity index (χ1v) is 10.3. The summed E-state index contributed by atoms with van der Waals surface area (Å²) in [7, 11) is 0. The summed E-state index contributed by atoms with van der Waals surface area (Å²) in [5, 5.41) is 0. The molecule has 0 aliphatic carbocycles. The minimum atomic E-state index is -0.226. The summed E-state index contributed by atoms with van der Waals surface area (Å²) in [6, 6.07) is 6.77. The van der Waals surface area contributed by atoms with E-state index in [0.29, 0.717) is 43.3 Å². The summed E-state index contributed by atoms with van der Waals surface area (Å²) in [5.41, 5.74) is 1.90. The number of carbonyl (C=O) groups is 1. The molecular formula is C22H27N3O5. The third kappa shape index (κ3) is 4.39. The lowest BCUT2D eigenvalue weighted by Gasteiger charge is -2.21. The summed E-state index contributed by atoms with van der Waals surface area (Å²) in [6.45, 7) is 7.47. The highest BCUT2D eigenvalue weighted by Gasteiger charge is 2.40. The maximum atomic E-state index is 13.1. The van der Waals surface area contributed by atoms with Crippen molar-refractivity contribution in [2.45, 2.75) is 45.0 Å². The molecule has 2 aromatic heterocycles. The molecular weight excluding hydrogens is 386 g/mol. The number of aromatic nitrogens is 2. The van der Waals surface area contributed by atoms with Gasteiger partial charge in [-0.1, -0.05) is 13.8 Å². The van der Waals surface area contributed by atoms with Gasteiger partial charge in [-0.3, -0.25) is 14.6 Å². The average molecular weight is 413 g/mol. The average Bonchev–Trinajstić information content (AvgIpc) is 3.05. The van der Waals surface area contributed by atoms with Crippen LogP contribution in [0.3, 0.4) is 0 Å². The van der Waals surface area contributed by atoms with Crippen LogP contribution < -0.4 is 10.3 Å². The van der Waals surface area contributed by atoms with Crippen LogP contribution >= 0.6 is 0 Å². The second-order valence-electron chi connectivity index (χ2n) is 8.13. The van der Waals surface area contributed by atoms with E-state index in [1.807, 2.05) is 32.9 Å². The lowest BCUT2D eigenvalue weighted by Crippen LogP contribution is -2.34. The van der Waals surface area contributed by atoms with Gasteiger partial charge in [-0.2, -0.15) is 0 Å². The highest BCUT2D eigenvalue weighted by atomic mass is 16.6. The number of H-pyrrole nitrogens is 1. The van der Waals surface area contributed by atoms with Gasteiger partial charge in [-0.25, -0.2) is 0 Å². The standard InChI is InChI=1S/C22H27N3O5/c1-13(2)21-17(6-7-20(26)24-21)22(27)25-9-18-19(10-25)29-12-16(11-28-18)30-15-5-4-14(3)23-8-15/h4-8,13,16,18-19H,9-12H2,1-3H3,(H,24,26)/t18-,19-/m0/s1. The van der Waals surface area contributed by atoms with Gasteiger partial charge in [0.2, 0.25) is 5.56 Å². The number of amides is 1. The van der Waals surface area contributed by atoms with E-state index in [2.05, 4.69) is 9.97 Å². The number of pyridine rings is 2. The summed E-state index contributed by atoms with van der Waals surface area (Å²) in [5.74, 6) is 0.599. The number of carbonyl (C=O) groups excluding carboxylic acids is 1. The first kappa shape index (κ1) is 20.6. The fourth-order valence-corrected chi connectivity index (χ4v) is 3.83. The number of likely N-dealkylation sites (tertiary alicyclic amines) is 1. The zero-order chi connectivity index (χ0) is 21.3. The molecule has 160 valence electrons. The molecule has 0 spiro atoms. The number of hydrogen-bond donors (Lipinski definition) is 1. The third-order valence-electron chi connectivity index (χ3n) is 5.44. The maximum Gasteiger partial charge on any atom is 0.255 e. The summed E-state index contributed by atoms with van der Waals surface area (Å²) >= 11 is 0. The van der Waals surface area contributed by atoms with Crippen molar-refractivity contribution in [3.8, 4) is 5.75 Å². The number of aromatic amines is 1. The van der Waals surface area contributed by atoms with Gasteiger partial charge in [0.1, 0.15) is 24.1 Å². The number of fused-ring (bicyclic) bond motifs is 1. The van der Waals surface area contributed by atoms with Gasteiger partial charge in [0.25, 0.3) is 5.91 Å². The van der Waals surface area contributed by atoms with E-state index in [4.69, 9.17) is 14.2 Å². The normalized spacial score (nSPS) is 22.1. The Morgan fingerprint density at radius 1 is 1.17 bits per heavy atom.